The van der Waals surface area contributed by atoms with Crippen LogP contribution in [0.2, 0.25) is 0 Å². The minimum absolute atomic E-state index is 0.183. The first kappa shape index (κ1) is 16.1. The van der Waals surface area contributed by atoms with Crippen LogP contribution in [0.25, 0.3) is 0 Å². The van der Waals surface area contributed by atoms with E-state index >= 15 is 0 Å². The molecule has 1 atom stereocenters. The van der Waals surface area contributed by atoms with E-state index in [9.17, 15) is 8.78 Å². The van der Waals surface area contributed by atoms with Gasteiger partial charge in [-0.15, -0.1) is 0 Å². The van der Waals surface area contributed by atoms with Crippen LogP contribution < -0.4 is 14.4 Å². The zero-order chi connectivity index (χ0) is 16.2. The van der Waals surface area contributed by atoms with E-state index in [4.69, 9.17) is 4.74 Å². The van der Waals surface area contributed by atoms with Gasteiger partial charge in [-0.25, -0.2) is 8.78 Å². The maximum Gasteiger partial charge on any atom is 0.164 e. The highest BCUT2D eigenvalue weighted by molar-refractivity contribution is 8.01. The Morgan fingerprint density at radius 3 is 2.78 bits per heavy atom. The van der Waals surface area contributed by atoms with E-state index in [0.717, 1.165) is 19.4 Å². The minimum atomic E-state index is -0.363. The van der Waals surface area contributed by atoms with Crippen molar-refractivity contribution in [3.8, 4) is 5.75 Å². The molecule has 122 valence electrons. The third kappa shape index (κ3) is 3.59. The number of halogens is 2. The molecule has 0 amide bonds. The molecule has 0 unspecified atom stereocenters. The fourth-order valence-corrected chi connectivity index (χ4v) is 3.63. The molecule has 0 bridgehead atoms. The summed E-state index contributed by atoms with van der Waals surface area (Å²) in [6, 6.07) is 10.9. The molecule has 1 heterocycles. The summed E-state index contributed by atoms with van der Waals surface area (Å²) < 4.78 is 35.4. The maximum atomic E-state index is 14.2. The molecule has 1 aliphatic heterocycles. The molecule has 0 saturated heterocycles. The SMILES string of the molecule is CNCCC[C@@H]1Oc2cc(F)ccc2N(c2ccccc2F)S1. The molecule has 1 N–H and O–H groups in total. The Hall–Kier alpha value is -1.79. The van der Waals surface area contributed by atoms with Crippen LogP contribution in [0, 0.1) is 11.6 Å². The topological polar surface area (TPSA) is 24.5 Å². The second-order valence-electron chi connectivity index (χ2n) is 5.26. The Balaban J connectivity index is 1.92. The molecule has 0 spiro atoms. The summed E-state index contributed by atoms with van der Waals surface area (Å²) in [5.41, 5.74) is 0.927. The van der Waals surface area contributed by atoms with Crippen LogP contribution in [0.1, 0.15) is 12.8 Å². The number of para-hydroxylation sites is 1. The van der Waals surface area contributed by atoms with E-state index in [0.29, 0.717) is 17.1 Å². The maximum absolute atomic E-state index is 14.2. The monoisotopic (exact) mass is 336 g/mol. The van der Waals surface area contributed by atoms with Crippen LogP contribution in [0.4, 0.5) is 20.2 Å². The van der Waals surface area contributed by atoms with Gasteiger partial charge in [-0.3, -0.25) is 4.31 Å². The van der Waals surface area contributed by atoms with Crippen molar-refractivity contribution >= 4 is 23.3 Å². The Labute approximate surface area is 138 Å². The predicted octanol–water partition coefficient (Wildman–Crippen LogP) is 4.47. The van der Waals surface area contributed by atoms with E-state index in [1.54, 1.807) is 28.6 Å². The zero-order valence-corrected chi connectivity index (χ0v) is 13.6. The largest absolute Gasteiger partial charge is 0.476 e. The highest BCUT2D eigenvalue weighted by Gasteiger charge is 2.29. The number of nitrogens with one attached hydrogen (secondary N) is 1. The van der Waals surface area contributed by atoms with Crippen molar-refractivity contribution in [2.24, 2.45) is 0 Å². The zero-order valence-electron chi connectivity index (χ0n) is 12.8. The Morgan fingerprint density at radius 2 is 2.00 bits per heavy atom. The second-order valence-corrected chi connectivity index (χ2v) is 6.36. The fourth-order valence-electron chi connectivity index (χ4n) is 2.45. The van der Waals surface area contributed by atoms with Gasteiger partial charge in [-0.05, 0) is 50.7 Å². The van der Waals surface area contributed by atoms with Crippen LogP contribution >= 0.6 is 11.9 Å². The van der Waals surface area contributed by atoms with Crippen molar-refractivity contribution < 1.29 is 13.5 Å². The van der Waals surface area contributed by atoms with E-state index in [-0.39, 0.29) is 17.1 Å². The summed E-state index contributed by atoms with van der Waals surface area (Å²) in [5, 5.41) is 3.09. The summed E-state index contributed by atoms with van der Waals surface area (Å²) in [4.78, 5) is 0. The van der Waals surface area contributed by atoms with Crippen LogP contribution in [-0.4, -0.2) is 19.0 Å². The van der Waals surface area contributed by atoms with Crippen molar-refractivity contribution in [2.45, 2.75) is 18.3 Å². The third-order valence-corrected chi connectivity index (χ3v) is 4.73. The normalized spacial score (nSPS) is 16.8. The van der Waals surface area contributed by atoms with Gasteiger partial charge in [-0.2, -0.15) is 0 Å². The van der Waals surface area contributed by atoms with Gasteiger partial charge in [0.15, 0.2) is 5.44 Å². The summed E-state index contributed by atoms with van der Waals surface area (Å²) in [6.07, 6.45) is 1.70. The Kier molecular flexibility index (Phi) is 5.03. The first-order valence-corrected chi connectivity index (χ1v) is 8.35. The quantitative estimate of drug-likeness (QED) is 0.643. The minimum Gasteiger partial charge on any atom is -0.476 e. The van der Waals surface area contributed by atoms with E-state index in [2.05, 4.69) is 5.32 Å². The third-order valence-electron chi connectivity index (χ3n) is 3.56. The lowest BCUT2D eigenvalue weighted by Crippen LogP contribution is -2.27. The summed E-state index contributed by atoms with van der Waals surface area (Å²) >= 11 is 1.42. The number of hydrogen-bond acceptors (Lipinski definition) is 4. The van der Waals surface area contributed by atoms with Gasteiger partial charge in [0.1, 0.15) is 17.4 Å². The highest BCUT2D eigenvalue weighted by atomic mass is 32.2. The van der Waals surface area contributed by atoms with Gasteiger partial charge >= 0.3 is 0 Å². The molecule has 0 saturated carbocycles. The number of nitrogens with zero attached hydrogens (tertiary/aromatic N) is 1. The van der Waals surface area contributed by atoms with Gasteiger partial charge in [0.05, 0.1) is 11.4 Å². The molecule has 3 rings (SSSR count). The van der Waals surface area contributed by atoms with Crippen molar-refractivity contribution in [1.82, 2.24) is 5.32 Å². The second kappa shape index (κ2) is 7.19. The summed E-state index contributed by atoms with van der Waals surface area (Å²) in [5.74, 6) is -0.231. The lowest BCUT2D eigenvalue weighted by molar-refractivity contribution is 0.269. The number of hydrogen-bond donors (Lipinski definition) is 1. The first-order valence-electron chi connectivity index (χ1n) is 7.51. The molecule has 0 aliphatic carbocycles. The fraction of sp³-hybridized carbons (Fsp3) is 0.294. The average Bonchev–Trinajstić information content (AvgIpc) is 2.54. The molecule has 6 heteroatoms. The molecule has 0 aromatic heterocycles. The van der Waals surface area contributed by atoms with Crippen LogP contribution in [-0.2, 0) is 0 Å². The Bertz CT molecular complexity index is 683. The smallest absolute Gasteiger partial charge is 0.164 e. The van der Waals surface area contributed by atoms with Crippen molar-refractivity contribution in [3.05, 3.63) is 54.1 Å². The molecular weight excluding hydrogens is 318 g/mol. The first-order chi connectivity index (χ1) is 11.2. The molecular formula is C17H18F2N2OS. The van der Waals surface area contributed by atoms with Gasteiger partial charge in [-0.1, -0.05) is 12.1 Å². The summed E-state index contributed by atoms with van der Waals surface area (Å²) in [6.45, 7) is 0.871. The predicted molar refractivity (Wildman–Crippen MR) is 90.1 cm³/mol. The molecule has 0 fully saturated rings. The van der Waals surface area contributed by atoms with Gasteiger partial charge in [0.25, 0.3) is 0 Å². The van der Waals surface area contributed by atoms with Crippen molar-refractivity contribution in [3.63, 3.8) is 0 Å². The molecule has 1 aliphatic rings. The van der Waals surface area contributed by atoms with Crippen LogP contribution in [0.15, 0.2) is 42.5 Å². The molecule has 0 radical (unpaired) electrons. The molecule has 23 heavy (non-hydrogen) atoms. The number of ether oxygens (including phenoxy) is 1. The lowest BCUT2D eigenvalue weighted by atomic mass is 10.2. The summed E-state index contributed by atoms with van der Waals surface area (Å²) in [7, 11) is 1.89. The van der Waals surface area contributed by atoms with Gasteiger partial charge in [0.2, 0.25) is 0 Å². The number of anilines is 2. The van der Waals surface area contributed by atoms with Gasteiger partial charge < -0.3 is 10.1 Å². The van der Waals surface area contributed by atoms with E-state index in [1.165, 1.54) is 30.1 Å². The van der Waals surface area contributed by atoms with Gasteiger partial charge in [0, 0.05) is 18.0 Å². The lowest BCUT2D eigenvalue weighted by Gasteiger charge is -2.35. The number of benzene rings is 2. The number of rotatable bonds is 5. The van der Waals surface area contributed by atoms with Crippen molar-refractivity contribution in [2.75, 3.05) is 17.9 Å². The number of fused-ring (bicyclic) bond motifs is 1. The van der Waals surface area contributed by atoms with E-state index < -0.39 is 0 Å². The molecule has 2 aromatic carbocycles. The van der Waals surface area contributed by atoms with Crippen LogP contribution in [0.5, 0.6) is 5.75 Å². The average molecular weight is 336 g/mol. The molecule has 2 aromatic rings. The Morgan fingerprint density at radius 1 is 1.17 bits per heavy atom. The standard InChI is InChI=1S/C17H18F2N2OS/c1-20-10-4-7-17-22-16-11-12(18)8-9-15(16)21(23-17)14-6-3-2-5-13(14)19/h2-3,5-6,8-9,11,17,20H,4,7,10H2,1H3/t17-/m1/s1. The van der Waals surface area contributed by atoms with E-state index in [1.807, 2.05) is 7.05 Å². The highest BCUT2D eigenvalue weighted by Crippen LogP contribution is 2.47. The van der Waals surface area contributed by atoms with Crippen LogP contribution in [0.3, 0.4) is 0 Å². The molecule has 3 nitrogen and oxygen atoms in total. The van der Waals surface area contributed by atoms with Crippen molar-refractivity contribution in [1.29, 1.82) is 0 Å².